The highest BCUT2D eigenvalue weighted by Crippen LogP contribution is 2.21. The van der Waals surface area contributed by atoms with Crippen LogP contribution in [0.25, 0.3) is 11.4 Å². The van der Waals surface area contributed by atoms with Crippen molar-refractivity contribution in [1.29, 1.82) is 0 Å². The standard InChI is InChI=1S/C26H23FN4O/c1-17-9-11-19(12-10-17)18(2)29-26(32)21-6-4-8-23(16-21)30-24-13-14-28-25(31-24)20-5-3-7-22(27)15-20/h3-16,18H,1-2H3,(H,29,32)(H,28,30,31)/t18-/m0/s1. The summed E-state index contributed by atoms with van der Waals surface area (Å²) in [5.41, 5.74) is 4.06. The number of nitrogens with one attached hydrogen (secondary N) is 2. The number of aryl methyl sites for hydroxylation is 1. The SMILES string of the molecule is Cc1ccc([C@H](C)NC(=O)c2cccc(Nc3ccnc(-c4cccc(F)c4)n3)c2)cc1. The van der Waals surface area contributed by atoms with E-state index >= 15 is 0 Å². The van der Waals surface area contributed by atoms with Gasteiger partial charge in [-0.15, -0.1) is 0 Å². The van der Waals surface area contributed by atoms with E-state index in [1.54, 1.807) is 36.5 Å². The van der Waals surface area contributed by atoms with Gasteiger partial charge in [0.15, 0.2) is 5.82 Å². The lowest BCUT2D eigenvalue weighted by molar-refractivity contribution is 0.0940. The summed E-state index contributed by atoms with van der Waals surface area (Å²) in [6, 6.07) is 23.0. The number of amides is 1. The highest BCUT2D eigenvalue weighted by molar-refractivity contribution is 5.95. The van der Waals surface area contributed by atoms with Gasteiger partial charge in [0, 0.05) is 23.0 Å². The lowest BCUT2D eigenvalue weighted by Gasteiger charge is -2.15. The minimum Gasteiger partial charge on any atom is -0.346 e. The number of benzene rings is 3. The van der Waals surface area contributed by atoms with Gasteiger partial charge in [0.05, 0.1) is 6.04 Å². The quantitative estimate of drug-likeness (QED) is 0.407. The highest BCUT2D eigenvalue weighted by atomic mass is 19.1. The molecule has 0 saturated carbocycles. The van der Waals surface area contributed by atoms with E-state index in [0.29, 0.717) is 28.5 Å². The van der Waals surface area contributed by atoms with E-state index < -0.39 is 0 Å². The van der Waals surface area contributed by atoms with Crippen molar-refractivity contribution in [2.24, 2.45) is 0 Å². The lowest BCUT2D eigenvalue weighted by Crippen LogP contribution is -2.26. The van der Waals surface area contributed by atoms with Gasteiger partial charge in [-0.3, -0.25) is 4.79 Å². The van der Waals surface area contributed by atoms with Gasteiger partial charge in [-0.05, 0) is 55.8 Å². The molecule has 0 radical (unpaired) electrons. The molecule has 0 fully saturated rings. The van der Waals surface area contributed by atoms with Crippen LogP contribution in [0.3, 0.4) is 0 Å². The molecule has 4 rings (SSSR count). The van der Waals surface area contributed by atoms with Gasteiger partial charge >= 0.3 is 0 Å². The molecule has 0 aliphatic heterocycles. The second-order valence-corrected chi connectivity index (χ2v) is 7.59. The molecule has 32 heavy (non-hydrogen) atoms. The monoisotopic (exact) mass is 426 g/mol. The molecule has 1 atom stereocenters. The average molecular weight is 426 g/mol. The summed E-state index contributed by atoms with van der Waals surface area (Å²) in [6.45, 7) is 3.99. The van der Waals surface area contributed by atoms with Gasteiger partial charge in [-0.1, -0.05) is 48.0 Å². The van der Waals surface area contributed by atoms with Crippen molar-refractivity contribution < 1.29 is 9.18 Å². The fourth-order valence-corrected chi connectivity index (χ4v) is 3.30. The summed E-state index contributed by atoms with van der Waals surface area (Å²) >= 11 is 0. The fourth-order valence-electron chi connectivity index (χ4n) is 3.30. The van der Waals surface area contributed by atoms with Crippen LogP contribution in [0.15, 0.2) is 85.1 Å². The second kappa shape index (κ2) is 9.39. The predicted molar refractivity (Wildman–Crippen MR) is 124 cm³/mol. The van der Waals surface area contributed by atoms with Crippen LogP contribution in [-0.2, 0) is 0 Å². The smallest absolute Gasteiger partial charge is 0.251 e. The molecule has 160 valence electrons. The fraction of sp³-hybridized carbons (Fsp3) is 0.115. The number of rotatable bonds is 6. The maximum absolute atomic E-state index is 13.5. The largest absolute Gasteiger partial charge is 0.346 e. The molecule has 0 bridgehead atoms. The Morgan fingerprint density at radius 1 is 0.969 bits per heavy atom. The van der Waals surface area contributed by atoms with Crippen molar-refractivity contribution in [3.63, 3.8) is 0 Å². The predicted octanol–water partition coefficient (Wildman–Crippen LogP) is 5.83. The van der Waals surface area contributed by atoms with Gasteiger partial charge in [0.1, 0.15) is 11.6 Å². The third-order valence-electron chi connectivity index (χ3n) is 5.06. The van der Waals surface area contributed by atoms with Gasteiger partial charge in [-0.25, -0.2) is 14.4 Å². The van der Waals surface area contributed by atoms with Crippen LogP contribution in [0.5, 0.6) is 0 Å². The molecule has 2 N–H and O–H groups in total. The maximum Gasteiger partial charge on any atom is 0.251 e. The molecule has 0 aliphatic rings. The Labute approximate surface area is 186 Å². The number of anilines is 2. The minimum absolute atomic E-state index is 0.115. The van der Waals surface area contributed by atoms with E-state index in [0.717, 1.165) is 5.56 Å². The normalized spacial score (nSPS) is 11.6. The molecular formula is C26H23FN4O. The zero-order chi connectivity index (χ0) is 22.5. The minimum atomic E-state index is -0.344. The first kappa shape index (κ1) is 21.2. The van der Waals surface area contributed by atoms with Crippen molar-refractivity contribution in [2.75, 3.05) is 5.32 Å². The molecule has 1 aromatic heterocycles. The van der Waals surface area contributed by atoms with E-state index in [-0.39, 0.29) is 17.8 Å². The number of hydrogen-bond acceptors (Lipinski definition) is 4. The summed E-state index contributed by atoms with van der Waals surface area (Å²) in [6.07, 6.45) is 1.61. The Balaban J connectivity index is 1.48. The van der Waals surface area contributed by atoms with Crippen LogP contribution in [0, 0.1) is 12.7 Å². The Bertz CT molecular complexity index is 1240. The second-order valence-electron chi connectivity index (χ2n) is 7.59. The third kappa shape index (κ3) is 5.16. The Kier molecular flexibility index (Phi) is 6.22. The van der Waals surface area contributed by atoms with Gasteiger partial charge in [0.25, 0.3) is 5.91 Å². The van der Waals surface area contributed by atoms with E-state index in [9.17, 15) is 9.18 Å². The van der Waals surface area contributed by atoms with Gasteiger partial charge in [-0.2, -0.15) is 0 Å². The molecule has 1 heterocycles. The first-order valence-electron chi connectivity index (χ1n) is 10.3. The molecule has 3 aromatic carbocycles. The Morgan fingerprint density at radius 3 is 2.53 bits per heavy atom. The van der Waals surface area contributed by atoms with Crippen LogP contribution in [-0.4, -0.2) is 15.9 Å². The van der Waals surface area contributed by atoms with Gasteiger partial charge in [0.2, 0.25) is 0 Å². The van der Waals surface area contributed by atoms with E-state index in [4.69, 9.17) is 0 Å². The van der Waals surface area contributed by atoms with E-state index in [1.165, 1.54) is 17.7 Å². The zero-order valence-corrected chi connectivity index (χ0v) is 17.8. The molecule has 0 spiro atoms. The van der Waals surface area contributed by atoms with Crippen LogP contribution >= 0.6 is 0 Å². The van der Waals surface area contributed by atoms with Crippen LogP contribution < -0.4 is 10.6 Å². The Hall–Kier alpha value is -4.06. The lowest BCUT2D eigenvalue weighted by atomic mass is 10.1. The van der Waals surface area contributed by atoms with Crippen LogP contribution in [0.1, 0.15) is 34.5 Å². The molecule has 0 unspecified atom stereocenters. The first-order valence-corrected chi connectivity index (χ1v) is 10.3. The van der Waals surface area contributed by atoms with Gasteiger partial charge < -0.3 is 10.6 Å². The summed E-state index contributed by atoms with van der Waals surface area (Å²) in [5.74, 6) is 0.452. The summed E-state index contributed by atoms with van der Waals surface area (Å²) in [4.78, 5) is 21.5. The number of carbonyl (C=O) groups is 1. The topological polar surface area (TPSA) is 66.9 Å². The molecular weight excluding hydrogens is 403 g/mol. The molecule has 6 heteroatoms. The molecule has 4 aromatic rings. The number of halogens is 1. The summed E-state index contributed by atoms with van der Waals surface area (Å²) in [7, 11) is 0. The van der Waals surface area contributed by atoms with E-state index in [1.807, 2.05) is 50.2 Å². The third-order valence-corrected chi connectivity index (χ3v) is 5.06. The van der Waals surface area contributed by atoms with Crippen LogP contribution in [0.2, 0.25) is 0 Å². The average Bonchev–Trinajstić information content (AvgIpc) is 2.80. The van der Waals surface area contributed by atoms with Crippen molar-refractivity contribution in [3.8, 4) is 11.4 Å². The van der Waals surface area contributed by atoms with Crippen LogP contribution in [0.4, 0.5) is 15.9 Å². The van der Waals surface area contributed by atoms with E-state index in [2.05, 4.69) is 20.6 Å². The highest BCUT2D eigenvalue weighted by Gasteiger charge is 2.12. The number of hydrogen-bond donors (Lipinski definition) is 2. The molecule has 0 aliphatic carbocycles. The van der Waals surface area contributed by atoms with Crippen molar-refractivity contribution in [3.05, 3.63) is 108 Å². The number of aromatic nitrogens is 2. The first-order chi connectivity index (χ1) is 15.5. The zero-order valence-electron chi connectivity index (χ0n) is 17.8. The number of nitrogens with zero attached hydrogens (tertiary/aromatic N) is 2. The van der Waals surface area contributed by atoms with Crippen molar-refractivity contribution >= 4 is 17.4 Å². The van der Waals surface area contributed by atoms with Crippen molar-refractivity contribution in [2.45, 2.75) is 19.9 Å². The molecule has 1 amide bonds. The Morgan fingerprint density at radius 2 is 1.75 bits per heavy atom. The molecule has 0 saturated heterocycles. The summed E-state index contributed by atoms with van der Waals surface area (Å²) in [5, 5.41) is 6.22. The molecule has 5 nitrogen and oxygen atoms in total. The summed E-state index contributed by atoms with van der Waals surface area (Å²) < 4.78 is 13.5. The number of carbonyl (C=O) groups excluding carboxylic acids is 1. The maximum atomic E-state index is 13.5. The van der Waals surface area contributed by atoms with Crippen molar-refractivity contribution in [1.82, 2.24) is 15.3 Å².